The van der Waals surface area contributed by atoms with E-state index in [1.165, 1.54) is 29.9 Å². The number of allylic oxidation sites excluding steroid dienone is 2. The van der Waals surface area contributed by atoms with Crippen molar-refractivity contribution in [2.24, 2.45) is 4.99 Å². The normalized spacial score (nSPS) is 16.2. The van der Waals surface area contributed by atoms with Gasteiger partial charge in [-0.15, -0.1) is 0 Å². The summed E-state index contributed by atoms with van der Waals surface area (Å²) in [4.78, 5) is 30.7. The number of nitrogens with zero attached hydrogens (tertiary/aromatic N) is 2. The summed E-state index contributed by atoms with van der Waals surface area (Å²) < 4.78 is 20.9. The van der Waals surface area contributed by atoms with E-state index in [4.69, 9.17) is 16.3 Å². The molecule has 0 N–H and O–H groups in total. The molecule has 32 heavy (non-hydrogen) atoms. The molecular weight excluding hydrogens is 451 g/mol. The Morgan fingerprint density at radius 2 is 1.97 bits per heavy atom. The summed E-state index contributed by atoms with van der Waals surface area (Å²) in [5.41, 5.74) is 1.36. The third-order valence-electron chi connectivity index (χ3n) is 5.01. The number of esters is 1. The molecule has 2 heterocycles. The van der Waals surface area contributed by atoms with Gasteiger partial charge in [0.25, 0.3) is 5.56 Å². The number of aromatic nitrogens is 1. The fourth-order valence-electron chi connectivity index (χ4n) is 3.46. The van der Waals surface area contributed by atoms with Crippen molar-refractivity contribution in [2.75, 3.05) is 7.11 Å². The topological polar surface area (TPSA) is 60.7 Å². The first-order valence-corrected chi connectivity index (χ1v) is 10.9. The molecule has 5 nitrogen and oxygen atoms in total. The first-order chi connectivity index (χ1) is 15.4. The van der Waals surface area contributed by atoms with E-state index < -0.39 is 23.4 Å². The Morgan fingerprint density at radius 1 is 1.22 bits per heavy atom. The van der Waals surface area contributed by atoms with Gasteiger partial charge in [-0.3, -0.25) is 9.36 Å². The number of halogens is 2. The van der Waals surface area contributed by atoms with E-state index in [1.54, 1.807) is 19.1 Å². The molecule has 1 atom stereocenters. The Kier molecular flexibility index (Phi) is 6.21. The smallest absolute Gasteiger partial charge is 0.338 e. The van der Waals surface area contributed by atoms with Gasteiger partial charge in [0.05, 0.1) is 34.0 Å². The number of methoxy groups -OCH3 is 1. The molecule has 0 unspecified atom stereocenters. The number of benzene rings is 2. The molecule has 4 rings (SSSR count). The van der Waals surface area contributed by atoms with Gasteiger partial charge in [0, 0.05) is 5.56 Å². The molecule has 0 bridgehead atoms. The maximum Gasteiger partial charge on any atom is 0.338 e. The van der Waals surface area contributed by atoms with Crippen LogP contribution in [0.3, 0.4) is 0 Å². The lowest BCUT2D eigenvalue weighted by Gasteiger charge is -2.21. The van der Waals surface area contributed by atoms with Crippen LogP contribution >= 0.6 is 22.9 Å². The molecule has 1 aliphatic heterocycles. The van der Waals surface area contributed by atoms with Crippen LogP contribution in [0.1, 0.15) is 24.1 Å². The SMILES string of the molecule is COC(=O)C1=C(C)N=c2s/c(=C\c3c(F)cccc3Cl)c(=O)n2[C@H]1/C=C/c1ccccc1. The van der Waals surface area contributed by atoms with Gasteiger partial charge in [-0.05, 0) is 30.7 Å². The van der Waals surface area contributed by atoms with Crippen molar-refractivity contribution in [2.45, 2.75) is 13.0 Å². The quantitative estimate of drug-likeness (QED) is 0.546. The van der Waals surface area contributed by atoms with Gasteiger partial charge in [-0.25, -0.2) is 14.2 Å². The molecule has 1 aromatic heterocycles. The minimum Gasteiger partial charge on any atom is -0.466 e. The van der Waals surface area contributed by atoms with E-state index in [-0.39, 0.29) is 20.7 Å². The first kappa shape index (κ1) is 21.9. The molecule has 8 heteroatoms. The number of fused-ring (bicyclic) bond motifs is 1. The second kappa shape index (κ2) is 9.06. The number of carbonyl (C=O) groups excluding carboxylic acids is 1. The Bertz CT molecular complexity index is 1420. The van der Waals surface area contributed by atoms with Crippen LogP contribution in [0.25, 0.3) is 12.2 Å². The van der Waals surface area contributed by atoms with Gasteiger partial charge in [0.2, 0.25) is 0 Å². The summed E-state index contributed by atoms with van der Waals surface area (Å²) in [5.74, 6) is -1.10. The van der Waals surface area contributed by atoms with E-state index in [1.807, 2.05) is 36.4 Å². The Labute approximate surface area is 192 Å². The van der Waals surface area contributed by atoms with Crippen LogP contribution in [0.15, 0.2) is 75.7 Å². The van der Waals surface area contributed by atoms with E-state index in [2.05, 4.69) is 4.99 Å². The Balaban J connectivity index is 1.92. The molecule has 162 valence electrons. The van der Waals surface area contributed by atoms with Crippen molar-refractivity contribution in [3.8, 4) is 0 Å². The summed E-state index contributed by atoms with van der Waals surface area (Å²) in [6.45, 7) is 1.69. The molecule has 0 radical (unpaired) electrons. The van der Waals surface area contributed by atoms with Crippen LogP contribution in [0.5, 0.6) is 0 Å². The molecular formula is C24H18ClFN2O3S. The van der Waals surface area contributed by atoms with Crippen LogP contribution in [0.4, 0.5) is 4.39 Å². The lowest BCUT2D eigenvalue weighted by molar-refractivity contribution is -0.136. The molecule has 0 fully saturated rings. The summed E-state index contributed by atoms with van der Waals surface area (Å²) in [7, 11) is 1.28. The third-order valence-corrected chi connectivity index (χ3v) is 6.33. The molecule has 0 spiro atoms. The molecule has 1 aliphatic rings. The highest BCUT2D eigenvalue weighted by molar-refractivity contribution is 7.07. The van der Waals surface area contributed by atoms with E-state index in [0.717, 1.165) is 16.9 Å². The van der Waals surface area contributed by atoms with Crippen LogP contribution in [0, 0.1) is 5.82 Å². The molecule has 0 aliphatic carbocycles. The van der Waals surface area contributed by atoms with E-state index in [0.29, 0.717) is 10.5 Å². The van der Waals surface area contributed by atoms with Gasteiger partial charge < -0.3 is 4.74 Å². The second-order valence-corrected chi connectivity index (χ2v) is 8.44. The number of hydrogen-bond acceptors (Lipinski definition) is 5. The van der Waals surface area contributed by atoms with Crippen molar-refractivity contribution in [3.05, 3.63) is 108 Å². The summed E-state index contributed by atoms with van der Waals surface area (Å²) in [5, 5.41) is 0.197. The van der Waals surface area contributed by atoms with Crippen LogP contribution in [0.2, 0.25) is 5.02 Å². The Morgan fingerprint density at radius 3 is 2.66 bits per heavy atom. The second-order valence-electron chi connectivity index (χ2n) is 7.02. The van der Waals surface area contributed by atoms with Crippen molar-refractivity contribution in [1.82, 2.24) is 4.57 Å². The first-order valence-electron chi connectivity index (χ1n) is 9.69. The van der Waals surface area contributed by atoms with E-state index >= 15 is 0 Å². The Hall–Kier alpha value is -3.29. The summed E-state index contributed by atoms with van der Waals surface area (Å²) in [6.07, 6.45) is 5.01. The predicted octanol–water partition coefficient (Wildman–Crippen LogP) is 3.87. The monoisotopic (exact) mass is 468 g/mol. The zero-order valence-corrected chi connectivity index (χ0v) is 18.8. The minimum atomic E-state index is -0.725. The van der Waals surface area contributed by atoms with Crippen LogP contribution in [-0.2, 0) is 9.53 Å². The number of thiazole rings is 1. The largest absolute Gasteiger partial charge is 0.466 e. The van der Waals surface area contributed by atoms with Crippen molar-refractivity contribution >= 4 is 41.1 Å². The van der Waals surface area contributed by atoms with Crippen molar-refractivity contribution in [3.63, 3.8) is 0 Å². The number of hydrogen-bond donors (Lipinski definition) is 0. The summed E-state index contributed by atoms with van der Waals surface area (Å²) in [6, 6.07) is 13.1. The standard InChI is InChI=1S/C24H18ClFN2O3S/c1-14-21(23(30)31-2)19(12-11-15-7-4-3-5-8-15)28-22(29)20(32-24(28)27-14)13-16-17(25)9-6-10-18(16)26/h3-13,19H,1-2H3/b12-11+,20-13-/t19-/m0/s1. The van der Waals surface area contributed by atoms with Gasteiger partial charge >= 0.3 is 5.97 Å². The summed E-state index contributed by atoms with van der Waals surface area (Å²) >= 11 is 7.24. The minimum absolute atomic E-state index is 0.125. The van der Waals surface area contributed by atoms with E-state index in [9.17, 15) is 14.0 Å². The molecule has 0 saturated carbocycles. The van der Waals surface area contributed by atoms with Gasteiger partial charge in [-0.1, -0.05) is 71.5 Å². The number of rotatable bonds is 4. The highest BCUT2D eigenvalue weighted by Gasteiger charge is 2.30. The number of carbonyl (C=O) groups is 1. The maximum absolute atomic E-state index is 14.3. The van der Waals surface area contributed by atoms with Crippen molar-refractivity contribution in [1.29, 1.82) is 0 Å². The maximum atomic E-state index is 14.3. The lowest BCUT2D eigenvalue weighted by Crippen LogP contribution is -2.38. The molecule has 3 aromatic rings. The highest BCUT2D eigenvalue weighted by Crippen LogP contribution is 2.26. The van der Waals surface area contributed by atoms with Crippen LogP contribution in [-0.4, -0.2) is 17.6 Å². The van der Waals surface area contributed by atoms with Crippen molar-refractivity contribution < 1.29 is 13.9 Å². The zero-order chi connectivity index (χ0) is 22.8. The molecule has 0 saturated heterocycles. The number of ether oxygens (including phenoxy) is 1. The molecule has 2 aromatic carbocycles. The predicted molar refractivity (Wildman–Crippen MR) is 124 cm³/mol. The van der Waals surface area contributed by atoms with Crippen LogP contribution < -0.4 is 14.9 Å². The third kappa shape index (κ3) is 4.09. The average molecular weight is 469 g/mol. The fraction of sp³-hybridized carbons (Fsp3) is 0.125. The zero-order valence-electron chi connectivity index (χ0n) is 17.2. The highest BCUT2D eigenvalue weighted by atomic mass is 35.5. The van der Waals surface area contributed by atoms with Gasteiger partial charge in [-0.2, -0.15) is 0 Å². The van der Waals surface area contributed by atoms with Gasteiger partial charge in [0.15, 0.2) is 4.80 Å². The average Bonchev–Trinajstić information content (AvgIpc) is 3.09. The molecule has 0 amide bonds. The van der Waals surface area contributed by atoms with Gasteiger partial charge in [0.1, 0.15) is 5.82 Å². The lowest BCUT2D eigenvalue weighted by atomic mass is 10.0. The fourth-order valence-corrected chi connectivity index (χ4v) is 4.72.